The van der Waals surface area contributed by atoms with Crippen LogP contribution in [0.1, 0.15) is 49.3 Å². The van der Waals surface area contributed by atoms with Crippen molar-refractivity contribution in [1.82, 2.24) is 40.2 Å². The predicted molar refractivity (Wildman–Crippen MR) is 101 cm³/mol. The molecule has 0 bridgehead atoms. The van der Waals surface area contributed by atoms with E-state index in [-0.39, 0.29) is 12.5 Å². The van der Waals surface area contributed by atoms with Crippen molar-refractivity contribution in [3.05, 3.63) is 23.3 Å². The van der Waals surface area contributed by atoms with Gasteiger partial charge in [0.15, 0.2) is 5.82 Å². The zero-order chi connectivity index (χ0) is 19.1. The van der Waals surface area contributed by atoms with Gasteiger partial charge >= 0.3 is 0 Å². The fraction of sp³-hybridized carbons (Fsp3) is 0.722. The van der Waals surface area contributed by atoms with Crippen LogP contribution in [0, 0.1) is 13.8 Å². The molecule has 1 aliphatic heterocycles. The van der Waals surface area contributed by atoms with E-state index in [1.165, 1.54) is 25.7 Å². The molecule has 0 spiro atoms. The number of carbonyl (C=O) groups excluding carboxylic acids is 1. The molecule has 0 aromatic carbocycles. The van der Waals surface area contributed by atoms with Gasteiger partial charge in [-0.1, -0.05) is 12.8 Å². The number of hydrogen-bond donors (Lipinski definition) is 1. The molecule has 0 radical (unpaired) electrons. The molecular formula is C18H30N8O. The number of amides is 1. The molecule has 9 nitrogen and oxygen atoms in total. The Morgan fingerprint density at radius 3 is 2.63 bits per heavy atom. The van der Waals surface area contributed by atoms with Gasteiger partial charge in [-0.2, -0.15) is 5.10 Å². The first-order valence-electron chi connectivity index (χ1n) is 9.87. The predicted octanol–water partition coefficient (Wildman–Crippen LogP) is 1.07. The molecule has 0 saturated carbocycles. The highest BCUT2D eigenvalue weighted by Crippen LogP contribution is 2.11. The van der Waals surface area contributed by atoms with Crippen molar-refractivity contribution in [3.63, 3.8) is 0 Å². The lowest BCUT2D eigenvalue weighted by molar-refractivity contribution is -0.121. The van der Waals surface area contributed by atoms with Crippen LogP contribution in [-0.4, -0.2) is 60.4 Å². The summed E-state index contributed by atoms with van der Waals surface area (Å²) < 4.78 is 3.59. The van der Waals surface area contributed by atoms with E-state index in [9.17, 15) is 4.79 Å². The summed E-state index contributed by atoms with van der Waals surface area (Å²) in [6.45, 7) is 8.46. The van der Waals surface area contributed by atoms with E-state index in [4.69, 9.17) is 0 Å². The summed E-state index contributed by atoms with van der Waals surface area (Å²) in [5.74, 6) is 0.697. The van der Waals surface area contributed by atoms with E-state index in [0.717, 1.165) is 43.3 Å². The summed E-state index contributed by atoms with van der Waals surface area (Å²) in [7, 11) is 0. The second-order valence-corrected chi connectivity index (χ2v) is 7.30. The van der Waals surface area contributed by atoms with Gasteiger partial charge in [-0.25, -0.2) is 4.68 Å². The van der Waals surface area contributed by atoms with Gasteiger partial charge in [-0.15, -0.1) is 5.10 Å². The summed E-state index contributed by atoms with van der Waals surface area (Å²) in [4.78, 5) is 14.6. The Morgan fingerprint density at radius 2 is 1.93 bits per heavy atom. The smallest absolute Gasteiger partial charge is 0.241 e. The normalized spacial score (nSPS) is 15.6. The van der Waals surface area contributed by atoms with Crippen LogP contribution in [0.2, 0.25) is 0 Å². The maximum atomic E-state index is 12.2. The Morgan fingerprint density at radius 1 is 1.15 bits per heavy atom. The van der Waals surface area contributed by atoms with Gasteiger partial charge < -0.3 is 5.32 Å². The summed E-state index contributed by atoms with van der Waals surface area (Å²) in [5.41, 5.74) is 2.16. The lowest BCUT2D eigenvalue weighted by Crippen LogP contribution is -2.31. The molecule has 3 heterocycles. The minimum absolute atomic E-state index is 0.0622. The van der Waals surface area contributed by atoms with E-state index in [1.54, 1.807) is 4.68 Å². The fourth-order valence-electron chi connectivity index (χ4n) is 3.50. The molecule has 27 heavy (non-hydrogen) atoms. The summed E-state index contributed by atoms with van der Waals surface area (Å²) in [6, 6.07) is 2.06. The molecule has 2 aromatic rings. The van der Waals surface area contributed by atoms with Crippen molar-refractivity contribution in [1.29, 1.82) is 0 Å². The van der Waals surface area contributed by atoms with Crippen molar-refractivity contribution in [2.24, 2.45) is 0 Å². The first kappa shape index (κ1) is 19.5. The highest BCUT2D eigenvalue weighted by molar-refractivity contribution is 5.75. The van der Waals surface area contributed by atoms with Crippen LogP contribution in [0.5, 0.6) is 0 Å². The van der Waals surface area contributed by atoms with Crippen molar-refractivity contribution >= 4 is 5.91 Å². The lowest BCUT2D eigenvalue weighted by Gasteiger charge is -2.18. The zero-order valence-corrected chi connectivity index (χ0v) is 16.4. The highest BCUT2D eigenvalue weighted by atomic mass is 16.2. The molecule has 9 heteroatoms. The van der Waals surface area contributed by atoms with Crippen LogP contribution in [0.3, 0.4) is 0 Å². The van der Waals surface area contributed by atoms with Crippen LogP contribution >= 0.6 is 0 Å². The van der Waals surface area contributed by atoms with E-state index in [2.05, 4.69) is 36.9 Å². The molecule has 148 valence electrons. The Bertz CT molecular complexity index is 730. The molecule has 0 atom stereocenters. The minimum atomic E-state index is -0.0622. The molecule has 1 N–H and O–H groups in total. The first-order valence-corrected chi connectivity index (χ1v) is 9.87. The van der Waals surface area contributed by atoms with Crippen LogP contribution in [0.15, 0.2) is 6.07 Å². The molecule has 3 rings (SSSR count). The van der Waals surface area contributed by atoms with Gasteiger partial charge in [0.2, 0.25) is 5.91 Å². The molecule has 1 fully saturated rings. The number of aromatic nitrogens is 6. The van der Waals surface area contributed by atoms with Crippen molar-refractivity contribution in [2.45, 2.75) is 65.6 Å². The average molecular weight is 374 g/mol. The SMILES string of the molecule is Cc1cc(C)n(CCCNC(=O)Cn2nnnc2CN2CCCCCC2)n1. The van der Waals surface area contributed by atoms with Crippen molar-refractivity contribution in [2.75, 3.05) is 19.6 Å². The average Bonchev–Trinajstić information content (AvgIpc) is 3.08. The van der Waals surface area contributed by atoms with Gasteiger partial charge in [0.1, 0.15) is 6.54 Å². The van der Waals surface area contributed by atoms with Gasteiger partial charge in [-0.05, 0) is 62.7 Å². The maximum Gasteiger partial charge on any atom is 0.241 e. The molecule has 2 aromatic heterocycles. The molecule has 0 aliphatic carbocycles. The minimum Gasteiger partial charge on any atom is -0.354 e. The fourth-order valence-corrected chi connectivity index (χ4v) is 3.50. The van der Waals surface area contributed by atoms with E-state index in [0.29, 0.717) is 13.1 Å². The summed E-state index contributed by atoms with van der Waals surface area (Å²) in [6.07, 6.45) is 5.86. The van der Waals surface area contributed by atoms with Gasteiger partial charge in [0.05, 0.1) is 12.2 Å². The largest absolute Gasteiger partial charge is 0.354 e. The molecule has 0 unspecified atom stereocenters. The quantitative estimate of drug-likeness (QED) is 0.695. The van der Waals surface area contributed by atoms with Crippen molar-refractivity contribution in [3.8, 4) is 0 Å². The lowest BCUT2D eigenvalue weighted by atomic mass is 10.2. The number of carbonyl (C=O) groups is 1. The van der Waals surface area contributed by atoms with E-state index in [1.807, 2.05) is 18.5 Å². The van der Waals surface area contributed by atoms with Gasteiger partial charge in [-0.3, -0.25) is 14.4 Å². The van der Waals surface area contributed by atoms with Gasteiger partial charge in [0.25, 0.3) is 0 Å². The number of nitrogens with zero attached hydrogens (tertiary/aromatic N) is 7. The summed E-state index contributed by atoms with van der Waals surface area (Å²) in [5, 5.41) is 19.2. The number of tetrazole rings is 1. The summed E-state index contributed by atoms with van der Waals surface area (Å²) >= 11 is 0. The van der Waals surface area contributed by atoms with Crippen LogP contribution in [0.4, 0.5) is 0 Å². The monoisotopic (exact) mass is 374 g/mol. The molecule has 1 amide bonds. The number of likely N-dealkylation sites (tertiary alicyclic amines) is 1. The second kappa shape index (κ2) is 9.59. The van der Waals surface area contributed by atoms with Crippen LogP contribution in [0.25, 0.3) is 0 Å². The third-order valence-corrected chi connectivity index (χ3v) is 4.94. The van der Waals surface area contributed by atoms with Crippen molar-refractivity contribution < 1.29 is 4.79 Å². The standard InChI is InChI=1S/C18H30N8O/c1-15-12-16(2)25(21-15)11-7-8-19-18(27)14-26-17(20-22-23-26)13-24-9-5-3-4-6-10-24/h12H,3-11,13-14H2,1-2H3,(H,19,27). The van der Waals surface area contributed by atoms with Gasteiger partial charge in [0, 0.05) is 18.8 Å². The van der Waals surface area contributed by atoms with Crippen LogP contribution < -0.4 is 5.32 Å². The number of hydrogen-bond acceptors (Lipinski definition) is 6. The third-order valence-electron chi connectivity index (χ3n) is 4.94. The maximum absolute atomic E-state index is 12.2. The Hall–Kier alpha value is -2.29. The highest BCUT2D eigenvalue weighted by Gasteiger charge is 2.15. The number of rotatable bonds is 8. The second-order valence-electron chi connectivity index (χ2n) is 7.30. The topological polar surface area (TPSA) is 93.8 Å². The van der Waals surface area contributed by atoms with E-state index >= 15 is 0 Å². The zero-order valence-electron chi connectivity index (χ0n) is 16.4. The Kier molecular flexibility index (Phi) is 6.92. The number of nitrogens with one attached hydrogen (secondary N) is 1. The molecular weight excluding hydrogens is 344 g/mol. The number of aryl methyl sites for hydroxylation is 3. The Labute approximate surface area is 160 Å². The van der Waals surface area contributed by atoms with Crippen LogP contribution in [-0.2, 0) is 24.4 Å². The first-order chi connectivity index (χ1) is 13.1. The molecule has 1 aliphatic rings. The van der Waals surface area contributed by atoms with E-state index < -0.39 is 0 Å². The Balaban J connectivity index is 1.41. The molecule has 1 saturated heterocycles. The third kappa shape index (κ3) is 5.85.